The Morgan fingerprint density at radius 3 is 2.37 bits per heavy atom. The zero-order chi connectivity index (χ0) is 19.4. The van der Waals surface area contributed by atoms with E-state index in [2.05, 4.69) is 53.3 Å². The molecule has 0 amide bonds. The summed E-state index contributed by atoms with van der Waals surface area (Å²) in [5.41, 5.74) is 1.16. The summed E-state index contributed by atoms with van der Waals surface area (Å²) < 4.78 is 10.3. The van der Waals surface area contributed by atoms with Crippen LogP contribution in [0.3, 0.4) is 0 Å². The molecule has 0 aromatic heterocycles. The van der Waals surface area contributed by atoms with E-state index in [9.17, 15) is 4.79 Å². The maximum atomic E-state index is 11.1. The van der Waals surface area contributed by atoms with Crippen LogP contribution in [0.5, 0.6) is 5.75 Å². The monoisotopic (exact) mass is 491 g/mol. The van der Waals surface area contributed by atoms with Gasteiger partial charge in [0.25, 0.3) is 0 Å². The molecule has 0 radical (unpaired) electrons. The van der Waals surface area contributed by atoms with Gasteiger partial charge >= 0.3 is 5.97 Å². The van der Waals surface area contributed by atoms with Crippen molar-refractivity contribution in [2.75, 3.05) is 27.3 Å². The summed E-state index contributed by atoms with van der Waals surface area (Å²) in [7, 11) is 3.16. The highest BCUT2D eigenvalue weighted by Gasteiger charge is 2.08. The van der Waals surface area contributed by atoms with Gasteiger partial charge in [-0.15, -0.1) is 24.0 Å². The third-order valence-electron chi connectivity index (χ3n) is 3.87. The first-order valence-corrected chi connectivity index (χ1v) is 9.23. The minimum absolute atomic E-state index is 0. The Hall–Kier alpha value is -1.51. The number of carbonyl (C=O) groups is 1. The van der Waals surface area contributed by atoms with E-state index in [1.807, 2.05) is 12.1 Å². The number of guanidine groups is 1. The van der Waals surface area contributed by atoms with Crippen molar-refractivity contribution in [3.8, 4) is 5.75 Å². The van der Waals surface area contributed by atoms with Crippen LogP contribution in [0.4, 0.5) is 0 Å². The Balaban J connectivity index is 0.00000676. The highest BCUT2D eigenvalue weighted by Crippen LogP contribution is 2.18. The Bertz CT molecular complexity index is 562. The molecule has 1 aromatic rings. The van der Waals surface area contributed by atoms with Crippen molar-refractivity contribution in [2.24, 2.45) is 10.9 Å². The van der Waals surface area contributed by atoms with Crippen molar-refractivity contribution in [1.29, 1.82) is 0 Å². The molecular weight excluding hydrogens is 457 g/mol. The van der Waals surface area contributed by atoms with Crippen LogP contribution in [-0.2, 0) is 9.53 Å². The fourth-order valence-electron chi connectivity index (χ4n) is 2.30. The summed E-state index contributed by atoms with van der Waals surface area (Å²) in [6.45, 7) is 7.84. The fourth-order valence-corrected chi connectivity index (χ4v) is 2.30. The van der Waals surface area contributed by atoms with Crippen LogP contribution in [0.2, 0.25) is 0 Å². The number of halogens is 1. The summed E-state index contributed by atoms with van der Waals surface area (Å²) in [6.07, 6.45) is 2.13. The molecule has 1 aromatic carbocycles. The average Bonchev–Trinajstić information content (AvgIpc) is 2.65. The number of hydrogen-bond acceptors (Lipinski definition) is 4. The molecule has 0 fully saturated rings. The van der Waals surface area contributed by atoms with Gasteiger partial charge in [0.05, 0.1) is 19.8 Å². The molecule has 1 rings (SSSR count). The van der Waals surface area contributed by atoms with Crippen molar-refractivity contribution >= 4 is 35.9 Å². The quantitative estimate of drug-likeness (QED) is 0.171. The predicted molar refractivity (Wildman–Crippen MR) is 121 cm³/mol. The second-order valence-electron chi connectivity index (χ2n) is 6.67. The molecule has 1 unspecified atom stereocenters. The Morgan fingerprint density at radius 2 is 1.81 bits per heavy atom. The van der Waals surface area contributed by atoms with Crippen molar-refractivity contribution in [3.63, 3.8) is 0 Å². The summed E-state index contributed by atoms with van der Waals surface area (Å²) in [5.74, 6) is 1.98. The Morgan fingerprint density at radius 1 is 1.15 bits per heavy atom. The number of methoxy groups -OCH3 is 1. The second-order valence-corrected chi connectivity index (χ2v) is 6.67. The van der Waals surface area contributed by atoms with Crippen molar-refractivity contribution in [2.45, 2.75) is 46.1 Å². The van der Waals surface area contributed by atoms with Crippen LogP contribution in [0.25, 0.3) is 0 Å². The number of ether oxygens (including phenoxy) is 2. The standard InChI is InChI=1S/C20H33N3O3.HI/c1-15(2)14-26-18-11-9-17(10-12-18)16(3)23-20(21-4)22-13-7-6-8-19(24)25-5;/h9-12,15-16H,6-8,13-14H2,1-5H3,(H2,21,22,23);1H. The van der Waals surface area contributed by atoms with Gasteiger partial charge in [0, 0.05) is 20.0 Å². The molecular formula is C20H34IN3O3. The fraction of sp³-hybridized carbons (Fsp3) is 0.600. The minimum Gasteiger partial charge on any atom is -0.493 e. The second kappa shape index (κ2) is 14.5. The molecule has 6 nitrogen and oxygen atoms in total. The zero-order valence-corrected chi connectivity index (χ0v) is 19.4. The van der Waals surface area contributed by atoms with Crippen molar-refractivity contribution < 1.29 is 14.3 Å². The maximum absolute atomic E-state index is 11.1. The van der Waals surface area contributed by atoms with Crippen LogP contribution < -0.4 is 15.4 Å². The molecule has 7 heteroatoms. The van der Waals surface area contributed by atoms with Gasteiger partial charge in [-0.2, -0.15) is 0 Å². The topological polar surface area (TPSA) is 72.0 Å². The molecule has 0 aliphatic heterocycles. The summed E-state index contributed by atoms with van der Waals surface area (Å²) in [4.78, 5) is 15.3. The van der Waals surface area contributed by atoms with Gasteiger partial charge < -0.3 is 20.1 Å². The van der Waals surface area contributed by atoms with E-state index >= 15 is 0 Å². The SMILES string of the molecule is CN=C(NCCCCC(=O)OC)NC(C)c1ccc(OCC(C)C)cc1.I. The lowest BCUT2D eigenvalue weighted by Crippen LogP contribution is -2.39. The van der Waals surface area contributed by atoms with Gasteiger partial charge in [-0.1, -0.05) is 26.0 Å². The van der Waals surface area contributed by atoms with E-state index in [-0.39, 0.29) is 36.0 Å². The van der Waals surface area contributed by atoms with E-state index in [4.69, 9.17) is 4.74 Å². The van der Waals surface area contributed by atoms with E-state index in [0.717, 1.165) is 43.3 Å². The number of esters is 1. The molecule has 0 saturated heterocycles. The molecule has 0 bridgehead atoms. The van der Waals surface area contributed by atoms with Crippen LogP contribution >= 0.6 is 24.0 Å². The Labute approximate surface area is 180 Å². The van der Waals surface area contributed by atoms with Crippen LogP contribution in [0.1, 0.15) is 51.6 Å². The van der Waals surface area contributed by atoms with E-state index in [1.54, 1.807) is 7.05 Å². The third kappa shape index (κ3) is 11.0. The normalized spacial score (nSPS) is 12.1. The number of hydrogen-bond donors (Lipinski definition) is 2. The zero-order valence-electron chi connectivity index (χ0n) is 17.1. The number of unbranched alkanes of at least 4 members (excludes halogenated alkanes) is 1. The van der Waals surface area contributed by atoms with Crippen LogP contribution in [0.15, 0.2) is 29.3 Å². The summed E-state index contributed by atoms with van der Waals surface area (Å²) >= 11 is 0. The van der Waals surface area contributed by atoms with Crippen LogP contribution in [0, 0.1) is 5.92 Å². The van der Waals surface area contributed by atoms with Crippen LogP contribution in [-0.4, -0.2) is 39.2 Å². The molecule has 154 valence electrons. The number of benzene rings is 1. The first-order chi connectivity index (χ1) is 12.5. The molecule has 1 atom stereocenters. The van der Waals surface area contributed by atoms with Gasteiger partial charge in [-0.3, -0.25) is 9.79 Å². The number of nitrogens with zero attached hydrogens (tertiary/aromatic N) is 1. The predicted octanol–water partition coefficient (Wildman–Crippen LogP) is 3.91. The van der Waals surface area contributed by atoms with E-state index in [1.165, 1.54) is 7.11 Å². The molecule has 27 heavy (non-hydrogen) atoms. The van der Waals surface area contributed by atoms with Gasteiger partial charge in [0.1, 0.15) is 5.75 Å². The average molecular weight is 491 g/mol. The highest BCUT2D eigenvalue weighted by molar-refractivity contribution is 14.0. The minimum atomic E-state index is -0.165. The third-order valence-corrected chi connectivity index (χ3v) is 3.87. The van der Waals surface area contributed by atoms with E-state index < -0.39 is 0 Å². The van der Waals surface area contributed by atoms with Gasteiger partial charge in [-0.25, -0.2) is 0 Å². The van der Waals surface area contributed by atoms with Gasteiger partial charge in [0.2, 0.25) is 0 Å². The summed E-state index contributed by atoms with van der Waals surface area (Å²) in [6, 6.07) is 8.25. The molecule has 0 heterocycles. The lowest BCUT2D eigenvalue weighted by Gasteiger charge is -2.19. The summed E-state index contributed by atoms with van der Waals surface area (Å²) in [5, 5.41) is 6.64. The van der Waals surface area contributed by atoms with Crippen molar-refractivity contribution in [1.82, 2.24) is 10.6 Å². The molecule has 0 aliphatic carbocycles. The lowest BCUT2D eigenvalue weighted by molar-refractivity contribution is -0.140. The molecule has 0 spiro atoms. The molecule has 2 N–H and O–H groups in total. The number of aliphatic imine (C=N–C) groups is 1. The molecule has 0 aliphatic rings. The number of carbonyl (C=O) groups excluding carboxylic acids is 1. The Kier molecular flexibility index (Phi) is 13.7. The number of rotatable bonds is 10. The van der Waals surface area contributed by atoms with Gasteiger partial charge in [0.15, 0.2) is 5.96 Å². The highest BCUT2D eigenvalue weighted by atomic mass is 127. The van der Waals surface area contributed by atoms with Crippen molar-refractivity contribution in [3.05, 3.63) is 29.8 Å². The first kappa shape index (κ1) is 25.5. The first-order valence-electron chi connectivity index (χ1n) is 9.23. The maximum Gasteiger partial charge on any atom is 0.305 e. The van der Waals surface area contributed by atoms with Gasteiger partial charge in [-0.05, 0) is 43.4 Å². The lowest BCUT2D eigenvalue weighted by atomic mass is 10.1. The largest absolute Gasteiger partial charge is 0.493 e. The van der Waals surface area contributed by atoms with E-state index in [0.29, 0.717) is 12.3 Å². The smallest absolute Gasteiger partial charge is 0.305 e. The molecule has 0 saturated carbocycles. The number of nitrogens with one attached hydrogen (secondary N) is 2.